The molecule has 0 fully saturated rings. The van der Waals surface area contributed by atoms with Crippen molar-refractivity contribution in [1.29, 1.82) is 0 Å². The molecule has 2 heteroatoms. The Hall–Kier alpha value is -0.0800. The highest BCUT2D eigenvalue weighted by molar-refractivity contribution is 4.62. The monoisotopic (exact) mass is 131 g/mol. The van der Waals surface area contributed by atoms with Crippen LogP contribution in [-0.2, 0) is 0 Å². The van der Waals surface area contributed by atoms with E-state index in [0.717, 1.165) is 12.8 Å². The Morgan fingerprint density at radius 3 is 2.11 bits per heavy atom. The van der Waals surface area contributed by atoms with Crippen molar-refractivity contribution in [2.45, 2.75) is 25.8 Å². The number of aliphatic hydroxyl groups excluding tert-OH is 1. The molecule has 0 aromatic rings. The minimum Gasteiger partial charge on any atom is -0.395 e. The zero-order valence-electron chi connectivity index (χ0n) is 6.59. The Bertz CT molecular complexity index is 63.9. The van der Waals surface area contributed by atoms with Crippen molar-refractivity contribution in [1.82, 2.24) is 4.90 Å². The Labute approximate surface area is 57.5 Å². The smallest absolute Gasteiger partial charge is 0.0586 e. The van der Waals surface area contributed by atoms with Gasteiger partial charge in [-0.05, 0) is 20.5 Å². The highest BCUT2D eigenvalue weighted by Gasteiger charge is 2.06. The Morgan fingerprint density at radius 2 is 2.00 bits per heavy atom. The molecule has 0 aromatic heterocycles. The van der Waals surface area contributed by atoms with Crippen LogP contribution >= 0.6 is 0 Å². The molecule has 1 N–H and O–H groups in total. The van der Waals surface area contributed by atoms with Crippen LogP contribution in [0.2, 0.25) is 0 Å². The normalized spacial score (nSPS) is 14.3. The van der Waals surface area contributed by atoms with Crippen LogP contribution in [-0.4, -0.2) is 36.8 Å². The van der Waals surface area contributed by atoms with E-state index in [1.54, 1.807) is 0 Å². The van der Waals surface area contributed by atoms with Crippen molar-refractivity contribution in [3.63, 3.8) is 0 Å². The number of nitrogens with zero attached hydrogens (tertiary/aromatic N) is 1. The van der Waals surface area contributed by atoms with E-state index in [9.17, 15) is 0 Å². The fourth-order valence-electron chi connectivity index (χ4n) is 0.846. The standard InChI is InChI=1S/C7H17NO/c1-4-5-7(6-9)8(2)3/h7,9H,4-6H2,1-3H3. The summed E-state index contributed by atoms with van der Waals surface area (Å²) >= 11 is 0. The van der Waals surface area contributed by atoms with Gasteiger partial charge in [0.15, 0.2) is 0 Å². The molecule has 0 radical (unpaired) electrons. The number of rotatable bonds is 4. The second-order valence-corrected chi connectivity index (χ2v) is 2.59. The minimum absolute atomic E-state index is 0.279. The van der Waals surface area contributed by atoms with E-state index in [-0.39, 0.29) is 6.61 Å². The van der Waals surface area contributed by atoms with Crippen LogP contribution in [0.1, 0.15) is 19.8 Å². The van der Waals surface area contributed by atoms with Crippen LogP contribution in [0.3, 0.4) is 0 Å². The molecule has 0 heterocycles. The maximum absolute atomic E-state index is 8.79. The number of hydrogen-bond donors (Lipinski definition) is 1. The Kier molecular flexibility index (Phi) is 4.72. The van der Waals surface area contributed by atoms with Crippen molar-refractivity contribution in [3.8, 4) is 0 Å². The van der Waals surface area contributed by atoms with Gasteiger partial charge in [-0.3, -0.25) is 0 Å². The van der Waals surface area contributed by atoms with Crippen LogP contribution in [0, 0.1) is 0 Å². The van der Waals surface area contributed by atoms with Gasteiger partial charge >= 0.3 is 0 Å². The second-order valence-electron chi connectivity index (χ2n) is 2.59. The molecule has 0 rings (SSSR count). The summed E-state index contributed by atoms with van der Waals surface area (Å²) in [5, 5.41) is 8.79. The molecule has 0 saturated heterocycles. The summed E-state index contributed by atoms with van der Waals surface area (Å²) in [7, 11) is 3.99. The van der Waals surface area contributed by atoms with E-state index in [1.807, 2.05) is 14.1 Å². The van der Waals surface area contributed by atoms with E-state index in [4.69, 9.17) is 5.11 Å². The highest BCUT2D eigenvalue weighted by atomic mass is 16.3. The molecule has 0 bridgehead atoms. The Morgan fingerprint density at radius 1 is 1.44 bits per heavy atom. The second kappa shape index (κ2) is 4.77. The van der Waals surface area contributed by atoms with Crippen LogP contribution in [0.15, 0.2) is 0 Å². The molecule has 9 heavy (non-hydrogen) atoms. The SMILES string of the molecule is CCCC(CO)N(C)C. The summed E-state index contributed by atoms with van der Waals surface area (Å²) in [6.45, 7) is 2.41. The third-order valence-electron chi connectivity index (χ3n) is 1.56. The first-order valence-corrected chi connectivity index (χ1v) is 3.49. The molecule has 1 atom stereocenters. The quantitative estimate of drug-likeness (QED) is 0.607. The summed E-state index contributed by atoms with van der Waals surface area (Å²) in [5.74, 6) is 0. The molecule has 0 amide bonds. The van der Waals surface area contributed by atoms with Crippen molar-refractivity contribution < 1.29 is 5.11 Å². The van der Waals surface area contributed by atoms with E-state index in [2.05, 4.69) is 11.8 Å². The summed E-state index contributed by atoms with van der Waals surface area (Å²) < 4.78 is 0. The molecule has 2 nitrogen and oxygen atoms in total. The highest BCUT2D eigenvalue weighted by Crippen LogP contribution is 2.00. The lowest BCUT2D eigenvalue weighted by molar-refractivity contribution is 0.161. The minimum atomic E-state index is 0.279. The van der Waals surface area contributed by atoms with Crippen molar-refractivity contribution in [2.75, 3.05) is 20.7 Å². The maximum atomic E-state index is 8.79. The predicted molar refractivity (Wildman–Crippen MR) is 39.5 cm³/mol. The molecule has 0 aliphatic rings. The van der Waals surface area contributed by atoms with Gasteiger partial charge in [-0.15, -0.1) is 0 Å². The van der Waals surface area contributed by atoms with E-state index < -0.39 is 0 Å². The molecule has 0 saturated carbocycles. The first-order chi connectivity index (χ1) is 4.22. The van der Waals surface area contributed by atoms with Gasteiger partial charge in [0.25, 0.3) is 0 Å². The van der Waals surface area contributed by atoms with Gasteiger partial charge in [-0.1, -0.05) is 13.3 Å². The lowest BCUT2D eigenvalue weighted by atomic mass is 10.2. The fraction of sp³-hybridized carbons (Fsp3) is 1.00. The first kappa shape index (κ1) is 8.92. The molecule has 0 spiro atoms. The molecule has 0 aliphatic carbocycles. The van der Waals surface area contributed by atoms with Gasteiger partial charge in [0.1, 0.15) is 0 Å². The average molecular weight is 131 g/mol. The summed E-state index contributed by atoms with van der Waals surface area (Å²) in [4.78, 5) is 2.06. The molecule has 56 valence electrons. The lowest BCUT2D eigenvalue weighted by Crippen LogP contribution is -2.30. The van der Waals surface area contributed by atoms with Gasteiger partial charge in [-0.25, -0.2) is 0 Å². The average Bonchev–Trinajstić information content (AvgIpc) is 1.82. The number of likely N-dealkylation sites (N-methyl/N-ethyl adjacent to an activating group) is 1. The topological polar surface area (TPSA) is 23.5 Å². The van der Waals surface area contributed by atoms with Crippen LogP contribution in [0.25, 0.3) is 0 Å². The van der Waals surface area contributed by atoms with Gasteiger partial charge in [0, 0.05) is 6.04 Å². The zero-order valence-corrected chi connectivity index (χ0v) is 6.59. The van der Waals surface area contributed by atoms with Crippen LogP contribution < -0.4 is 0 Å². The maximum Gasteiger partial charge on any atom is 0.0586 e. The van der Waals surface area contributed by atoms with Crippen LogP contribution in [0.4, 0.5) is 0 Å². The summed E-state index contributed by atoms with van der Waals surface area (Å²) in [6, 6.07) is 0.356. The van der Waals surface area contributed by atoms with Gasteiger partial charge in [-0.2, -0.15) is 0 Å². The molecule has 1 unspecified atom stereocenters. The third kappa shape index (κ3) is 3.49. The van der Waals surface area contributed by atoms with Gasteiger partial charge in [0.2, 0.25) is 0 Å². The first-order valence-electron chi connectivity index (χ1n) is 3.49. The molecular formula is C7H17NO. The van der Waals surface area contributed by atoms with E-state index in [1.165, 1.54) is 0 Å². The summed E-state index contributed by atoms with van der Waals surface area (Å²) in [6.07, 6.45) is 2.23. The van der Waals surface area contributed by atoms with E-state index >= 15 is 0 Å². The number of aliphatic hydroxyl groups is 1. The summed E-state index contributed by atoms with van der Waals surface area (Å²) in [5.41, 5.74) is 0. The fourth-order valence-corrected chi connectivity index (χ4v) is 0.846. The molecular weight excluding hydrogens is 114 g/mol. The third-order valence-corrected chi connectivity index (χ3v) is 1.56. The van der Waals surface area contributed by atoms with Crippen molar-refractivity contribution in [3.05, 3.63) is 0 Å². The zero-order chi connectivity index (χ0) is 7.28. The number of hydrogen-bond acceptors (Lipinski definition) is 2. The lowest BCUT2D eigenvalue weighted by Gasteiger charge is -2.20. The largest absolute Gasteiger partial charge is 0.395 e. The van der Waals surface area contributed by atoms with Crippen molar-refractivity contribution >= 4 is 0 Å². The molecule has 0 aromatic carbocycles. The van der Waals surface area contributed by atoms with E-state index in [0.29, 0.717) is 6.04 Å². The van der Waals surface area contributed by atoms with Crippen LogP contribution in [0.5, 0.6) is 0 Å². The Balaban J connectivity index is 3.41. The molecule has 0 aliphatic heterocycles. The predicted octanol–water partition coefficient (Wildman–Crippen LogP) is 0.709. The van der Waals surface area contributed by atoms with Crippen molar-refractivity contribution in [2.24, 2.45) is 0 Å². The van der Waals surface area contributed by atoms with Gasteiger partial charge < -0.3 is 10.0 Å². The van der Waals surface area contributed by atoms with Gasteiger partial charge in [0.05, 0.1) is 6.61 Å².